The average Bonchev–Trinajstić information content (AvgIpc) is 1.44. The van der Waals surface area contributed by atoms with Gasteiger partial charge in [-0.05, 0) is 30.3 Å². The van der Waals surface area contributed by atoms with Crippen LogP contribution in [0.1, 0.15) is 132 Å². The number of ether oxygens (including phenoxy) is 10. The number of phenols is 30. The monoisotopic (exact) mass is 1850 g/mol. The highest BCUT2D eigenvalue weighted by Gasteiger charge is 2.61. The molecule has 0 unspecified atom stereocenters. The van der Waals surface area contributed by atoms with Crippen LogP contribution < -0.4 is 0 Å². The first-order chi connectivity index (χ1) is 62.6. The molecular weight excluding hydrogens is 1800 g/mol. The maximum Gasteiger partial charge on any atom is 0.340 e. The number of carbonyl (C=O) groups excluding carboxylic acids is 10. The van der Waals surface area contributed by atoms with Crippen LogP contribution in [0.4, 0.5) is 0 Å². The Balaban J connectivity index is 0.956. The second-order valence-corrected chi connectivity index (χ2v) is 30.3. The first-order valence-corrected chi connectivity index (χ1v) is 37.2. The van der Waals surface area contributed by atoms with Crippen molar-refractivity contribution in [3.8, 4) is 239 Å². The van der Waals surface area contributed by atoms with E-state index in [0.717, 1.165) is 0 Å². The van der Waals surface area contributed by atoms with Gasteiger partial charge in [0.15, 0.2) is 164 Å². The topological polar surface area (TPSA) is 890 Å². The van der Waals surface area contributed by atoms with E-state index in [1.165, 1.54) is 0 Å². The Morgan fingerprint density at radius 2 is 0.391 bits per heavy atom. The molecule has 0 spiro atoms. The molecule has 12 bridgehead atoms. The quantitative estimate of drug-likeness (QED) is 0.0638. The number of hydrogen-bond donors (Lipinski definition) is 31. The van der Waals surface area contributed by atoms with Crippen LogP contribution in [-0.4, -0.2) is 280 Å². The summed E-state index contributed by atoms with van der Waals surface area (Å²) in [5.41, 5.74) is -42.6. The molecule has 0 radical (unpaired) electrons. The summed E-state index contributed by atoms with van der Waals surface area (Å²) in [7, 11) is 0. The van der Waals surface area contributed by atoms with Gasteiger partial charge in [0.25, 0.3) is 0 Å². The number of fused-ring (bicyclic) bond motifs is 14. The van der Waals surface area contributed by atoms with Crippen molar-refractivity contribution in [2.24, 2.45) is 0 Å². The maximum absolute atomic E-state index is 16.8. The van der Waals surface area contributed by atoms with Gasteiger partial charge in [-0.1, -0.05) is 0 Å². The SMILES string of the molecule is O=C1OC[C@@H]2OC(=O)c3cc(O)c(O)c(O)c3-c3c(O)c(O)c(O)c4c3C(=O)O[C@H]([C@H]3OC(=O)c5c-4c(O)c(O)c(O)c5[C@@H]3c3c(O)c(O)c(O)c4c3C(=O)OC[C@@H]3OC(=O)c5cc(O)c(O)c(O)c5-c5c(O)c(O)c(O)c6c5C(=O)O[C@H]([C@H]5OC(=O)c7c-6c(O)c(O)c(O)c7[C@H]5O)[C@@H]3OC(=O)c3cc(O)c(O)c(O)c3-4)[C@@H]2OC(=O)c2cc(O)c(O)c(O)c2-c2c1cc(O)c(O)c2O. The van der Waals surface area contributed by atoms with Gasteiger partial charge in [-0.3, -0.25) is 0 Å². The van der Waals surface area contributed by atoms with Crippen LogP contribution in [0.25, 0.3) is 66.8 Å². The van der Waals surface area contributed by atoms with E-state index in [1.54, 1.807) is 0 Å². The summed E-state index contributed by atoms with van der Waals surface area (Å²) in [6.07, 6.45) is -30.1. The summed E-state index contributed by atoms with van der Waals surface area (Å²) < 4.78 is 58.6. The Labute approximate surface area is 726 Å². The molecule has 0 saturated heterocycles. The van der Waals surface area contributed by atoms with Crippen LogP contribution in [0.2, 0.25) is 0 Å². The molecule has 31 N–H and O–H groups in total. The molecule has 0 amide bonds. The van der Waals surface area contributed by atoms with E-state index < -0.39 is 445 Å². The molecule has 10 heterocycles. The average molecular weight is 1850 g/mol. The van der Waals surface area contributed by atoms with E-state index in [2.05, 4.69) is 0 Å². The zero-order valence-corrected chi connectivity index (χ0v) is 64.6. The summed E-state index contributed by atoms with van der Waals surface area (Å²) in [5.74, 6) is -84.2. The number of esters is 10. The number of carbonyl (C=O) groups is 10. The minimum atomic E-state index is -3.66. The van der Waals surface area contributed by atoms with Crippen LogP contribution in [0, 0.1) is 0 Å². The lowest BCUT2D eigenvalue weighted by Gasteiger charge is -2.43. The molecule has 10 aliphatic heterocycles. The third-order valence-corrected chi connectivity index (χ3v) is 23.4. The Hall–Kier alpha value is -19.1. The van der Waals surface area contributed by atoms with Crippen LogP contribution in [0.15, 0.2) is 30.3 Å². The zero-order valence-electron chi connectivity index (χ0n) is 64.6. The fourth-order valence-corrected chi connectivity index (χ4v) is 17.5. The second kappa shape index (κ2) is 28.4. The molecule has 0 aliphatic carbocycles. The minimum Gasteiger partial charge on any atom is -0.504 e. The zero-order chi connectivity index (χ0) is 96.3. The van der Waals surface area contributed by atoms with Gasteiger partial charge in [0.1, 0.15) is 19.3 Å². The fourth-order valence-electron chi connectivity index (χ4n) is 17.5. The number of hydrogen-bond acceptors (Lipinski definition) is 51. The van der Waals surface area contributed by atoms with Crippen molar-refractivity contribution < 1.29 is 254 Å². The van der Waals surface area contributed by atoms with Crippen LogP contribution in [0.3, 0.4) is 0 Å². The standard InChI is InChI=1S/C82H50O51/c83-13-1-8-20(46(93)41(13)88)21-9(2-14(84)42(89)47(21)94)76(117)128-67-18(6-124-73(8)114)126-74(115)10-3-15(85)43(90)48(95)22(10)26-36-28(54(101)62(109)52(26)99)29-38-33(59(106)65(112)55(29)102)34(69(130-79(38)120)71(67)132-80(36)121)32-35-25(51(98)64(111)58(32)105)24-12(5-17(87)45(92)50(24)97)77(118)129-68-19(7-125-78(35)119)127-75(116)11-4-16(86)44(91)49(96)23(11)27-37-30(56(103)63(110)53(27)100)31-39-40(60(107)66(113)57(31)104)61(108)70(131-82(39)123)72(68)133-81(37)122/h1-5,18-19,34,61,67-72,83-113H,6-7H2/t18-,19-,34-,61+,67+,68+,69-,70-,71-,72-/m0/s1. The van der Waals surface area contributed by atoms with Gasteiger partial charge < -0.3 is 206 Å². The first-order valence-electron chi connectivity index (χ1n) is 37.2. The smallest absolute Gasteiger partial charge is 0.340 e. The van der Waals surface area contributed by atoms with E-state index >= 15 is 38.4 Å². The molecule has 10 aromatic carbocycles. The molecule has 10 atom stereocenters. The predicted octanol–water partition coefficient (Wildman–Crippen LogP) is 3.05. The highest BCUT2D eigenvalue weighted by molar-refractivity contribution is 6.20. The molecule has 51 heteroatoms. The van der Waals surface area contributed by atoms with Crippen molar-refractivity contribution in [2.45, 2.75) is 60.9 Å². The van der Waals surface area contributed by atoms with Gasteiger partial charge in [-0.2, -0.15) is 0 Å². The van der Waals surface area contributed by atoms with Gasteiger partial charge in [0.05, 0.1) is 61.6 Å². The number of aliphatic hydroxyl groups is 1. The van der Waals surface area contributed by atoms with E-state index in [1.807, 2.05) is 0 Å². The van der Waals surface area contributed by atoms with E-state index in [9.17, 15) is 168 Å². The predicted molar refractivity (Wildman–Crippen MR) is 409 cm³/mol. The largest absolute Gasteiger partial charge is 0.504 e. The molecule has 0 fully saturated rings. The molecule has 133 heavy (non-hydrogen) atoms. The number of rotatable bonds is 1. The summed E-state index contributed by atoms with van der Waals surface area (Å²) in [6, 6.07) is 0.454. The number of phenolic OH excluding ortho intramolecular Hbond substituents is 30. The highest BCUT2D eigenvalue weighted by atomic mass is 16.7. The fraction of sp³-hybridized carbons (Fsp3) is 0.146. The van der Waals surface area contributed by atoms with Gasteiger partial charge in [0, 0.05) is 83.5 Å². The Bertz CT molecular complexity index is 7280. The third kappa shape index (κ3) is 11.3. The van der Waals surface area contributed by atoms with Gasteiger partial charge in [-0.15, -0.1) is 0 Å². The number of benzene rings is 10. The van der Waals surface area contributed by atoms with E-state index in [-0.39, 0.29) is 30.3 Å². The maximum atomic E-state index is 16.8. The van der Waals surface area contributed by atoms with Crippen molar-refractivity contribution in [3.05, 3.63) is 103 Å². The van der Waals surface area contributed by atoms with Crippen molar-refractivity contribution in [3.63, 3.8) is 0 Å². The van der Waals surface area contributed by atoms with Crippen molar-refractivity contribution in [1.82, 2.24) is 0 Å². The number of aromatic hydroxyl groups is 30. The van der Waals surface area contributed by atoms with Gasteiger partial charge >= 0.3 is 59.7 Å². The van der Waals surface area contributed by atoms with E-state index in [0.29, 0.717) is 0 Å². The first kappa shape index (κ1) is 84.7. The summed E-state index contributed by atoms with van der Waals surface area (Å²) >= 11 is 0. The number of aliphatic hydroxyl groups excluding tert-OH is 1. The lowest BCUT2D eigenvalue weighted by Crippen LogP contribution is -2.56. The lowest BCUT2D eigenvalue weighted by molar-refractivity contribution is -0.154. The molecule has 51 nitrogen and oxygen atoms in total. The van der Waals surface area contributed by atoms with Crippen LogP contribution in [-0.2, 0) is 47.4 Å². The van der Waals surface area contributed by atoms with Crippen molar-refractivity contribution in [2.75, 3.05) is 13.2 Å². The van der Waals surface area contributed by atoms with Gasteiger partial charge in [0.2, 0.25) is 57.5 Å². The normalized spacial score (nSPS) is 20.8. The summed E-state index contributed by atoms with van der Waals surface area (Å²) in [4.78, 5) is 159. The second-order valence-electron chi connectivity index (χ2n) is 30.3. The molecule has 0 aromatic heterocycles. The van der Waals surface area contributed by atoms with Crippen molar-refractivity contribution in [1.29, 1.82) is 0 Å². The van der Waals surface area contributed by atoms with Gasteiger partial charge in [-0.25, -0.2) is 47.9 Å². The molecular formula is C82H50O51. The molecule has 10 aromatic rings. The Kier molecular flexibility index (Phi) is 18.1. The molecule has 0 saturated carbocycles. The minimum absolute atomic E-state index is 0.0437. The third-order valence-electron chi connectivity index (χ3n) is 23.4. The molecule has 20 rings (SSSR count). The molecule has 10 aliphatic rings. The molecule has 684 valence electrons. The lowest BCUT2D eigenvalue weighted by atomic mass is 9.72. The Morgan fingerprint density at radius 1 is 0.180 bits per heavy atom. The van der Waals surface area contributed by atoms with Crippen LogP contribution in [0.5, 0.6) is 172 Å². The summed E-state index contributed by atoms with van der Waals surface area (Å²) in [5, 5.41) is 369. The number of cyclic esters (lactones) is 2. The highest BCUT2D eigenvalue weighted by Crippen LogP contribution is 2.68. The van der Waals surface area contributed by atoms with Crippen molar-refractivity contribution >= 4 is 59.7 Å². The summed E-state index contributed by atoms with van der Waals surface area (Å²) in [6.45, 7) is -4.22. The van der Waals surface area contributed by atoms with E-state index in [4.69, 9.17) is 47.4 Å². The Morgan fingerprint density at radius 3 is 0.729 bits per heavy atom. The van der Waals surface area contributed by atoms with Crippen LogP contribution >= 0.6 is 0 Å².